The molecule has 82 valence electrons. The minimum atomic E-state index is -0.113. The van der Waals surface area contributed by atoms with Gasteiger partial charge in [-0.15, -0.1) is 11.6 Å². The monoisotopic (exact) mass is 253 g/mol. The standard InChI is InChI=1S/C12H9Cl2NO/c13-6-10(16)3-1-8-7-15-12-4-2-9(14)5-11(8)12/h1-5,7,15H,6H2. The Morgan fingerprint density at radius 3 is 3.00 bits per heavy atom. The van der Waals surface area contributed by atoms with Crippen molar-refractivity contribution in [1.29, 1.82) is 0 Å². The van der Waals surface area contributed by atoms with Crippen LogP contribution in [0.3, 0.4) is 0 Å². The average molecular weight is 254 g/mol. The fraction of sp³-hybridized carbons (Fsp3) is 0.0833. The third kappa shape index (κ3) is 2.29. The number of aromatic amines is 1. The number of rotatable bonds is 3. The van der Waals surface area contributed by atoms with Gasteiger partial charge in [-0.3, -0.25) is 4.79 Å². The predicted octanol–water partition coefficient (Wildman–Crippen LogP) is 3.64. The highest BCUT2D eigenvalue weighted by molar-refractivity contribution is 6.31. The van der Waals surface area contributed by atoms with Gasteiger partial charge in [0.05, 0.1) is 5.88 Å². The second kappa shape index (κ2) is 4.73. The summed E-state index contributed by atoms with van der Waals surface area (Å²) in [5.74, 6) is -0.113. The van der Waals surface area contributed by atoms with Gasteiger partial charge in [-0.2, -0.15) is 0 Å². The molecule has 1 aromatic heterocycles. The third-order valence-electron chi connectivity index (χ3n) is 2.26. The maximum atomic E-state index is 11.1. The highest BCUT2D eigenvalue weighted by atomic mass is 35.5. The number of benzene rings is 1. The SMILES string of the molecule is O=C(C=Cc1c[nH]c2ccc(Cl)cc12)CCl. The summed E-state index contributed by atoms with van der Waals surface area (Å²) in [4.78, 5) is 14.2. The first-order chi connectivity index (χ1) is 7.70. The number of H-pyrrole nitrogens is 1. The Hall–Kier alpha value is -1.25. The zero-order valence-corrected chi connectivity index (χ0v) is 9.85. The number of nitrogens with one attached hydrogen (secondary N) is 1. The van der Waals surface area contributed by atoms with Gasteiger partial charge in [0, 0.05) is 22.1 Å². The summed E-state index contributed by atoms with van der Waals surface area (Å²) < 4.78 is 0. The van der Waals surface area contributed by atoms with Crippen LogP contribution in [-0.2, 0) is 4.79 Å². The van der Waals surface area contributed by atoms with E-state index in [1.807, 2.05) is 24.4 Å². The third-order valence-corrected chi connectivity index (χ3v) is 2.75. The van der Waals surface area contributed by atoms with E-state index >= 15 is 0 Å². The molecular weight excluding hydrogens is 245 g/mol. The number of carbonyl (C=O) groups is 1. The molecule has 2 nitrogen and oxygen atoms in total. The Morgan fingerprint density at radius 2 is 2.25 bits per heavy atom. The van der Waals surface area contributed by atoms with Crippen molar-refractivity contribution in [2.45, 2.75) is 0 Å². The van der Waals surface area contributed by atoms with Gasteiger partial charge in [0.25, 0.3) is 0 Å². The van der Waals surface area contributed by atoms with Gasteiger partial charge in [0.2, 0.25) is 0 Å². The number of carbonyl (C=O) groups excluding carboxylic acids is 1. The maximum Gasteiger partial charge on any atom is 0.170 e. The minimum Gasteiger partial charge on any atom is -0.361 e. The Bertz CT molecular complexity index is 557. The van der Waals surface area contributed by atoms with E-state index in [-0.39, 0.29) is 11.7 Å². The molecule has 0 spiro atoms. The van der Waals surface area contributed by atoms with E-state index in [0.717, 1.165) is 16.5 Å². The van der Waals surface area contributed by atoms with Crippen molar-refractivity contribution in [3.05, 3.63) is 41.1 Å². The summed E-state index contributed by atoms with van der Waals surface area (Å²) in [7, 11) is 0. The quantitative estimate of drug-likeness (QED) is 0.658. The molecule has 4 heteroatoms. The van der Waals surface area contributed by atoms with Crippen molar-refractivity contribution in [3.63, 3.8) is 0 Å². The molecule has 0 atom stereocenters. The number of allylic oxidation sites excluding steroid dienone is 1. The zero-order valence-electron chi connectivity index (χ0n) is 8.34. The Balaban J connectivity index is 2.41. The smallest absolute Gasteiger partial charge is 0.170 e. The van der Waals surface area contributed by atoms with Gasteiger partial charge >= 0.3 is 0 Å². The normalized spacial score (nSPS) is 11.4. The summed E-state index contributed by atoms with van der Waals surface area (Å²) in [6.45, 7) is 0. The first-order valence-electron chi connectivity index (χ1n) is 4.74. The number of hydrogen-bond donors (Lipinski definition) is 1. The average Bonchev–Trinajstić information content (AvgIpc) is 2.68. The van der Waals surface area contributed by atoms with Crippen LogP contribution in [0.15, 0.2) is 30.5 Å². The van der Waals surface area contributed by atoms with Crippen LogP contribution in [0, 0.1) is 0 Å². The van der Waals surface area contributed by atoms with Gasteiger partial charge in [-0.25, -0.2) is 0 Å². The summed E-state index contributed by atoms with van der Waals surface area (Å²) in [5, 5.41) is 1.66. The molecule has 0 saturated heterocycles. The van der Waals surface area contributed by atoms with Crippen molar-refractivity contribution < 1.29 is 4.79 Å². The van der Waals surface area contributed by atoms with Crippen molar-refractivity contribution in [1.82, 2.24) is 4.98 Å². The van der Waals surface area contributed by atoms with Crippen molar-refractivity contribution in [2.75, 3.05) is 5.88 Å². The number of aromatic nitrogens is 1. The Morgan fingerprint density at radius 1 is 1.44 bits per heavy atom. The van der Waals surface area contributed by atoms with Crippen molar-refractivity contribution in [2.24, 2.45) is 0 Å². The lowest BCUT2D eigenvalue weighted by atomic mass is 10.1. The molecule has 1 N–H and O–H groups in total. The molecule has 2 aromatic rings. The number of fused-ring (bicyclic) bond motifs is 1. The Labute approximate surface area is 103 Å². The molecule has 0 amide bonds. The van der Waals surface area contributed by atoms with Gasteiger partial charge in [-0.1, -0.05) is 11.6 Å². The molecule has 0 bridgehead atoms. The number of hydrogen-bond acceptors (Lipinski definition) is 1. The van der Waals surface area contributed by atoms with E-state index in [9.17, 15) is 4.79 Å². The van der Waals surface area contributed by atoms with Crippen LogP contribution in [0.1, 0.15) is 5.56 Å². The van der Waals surface area contributed by atoms with E-state index in [0.29, 0.717) is 5.02 Å². The lowest BCUT2D eigenvalue weighted by Crippen LogP contribution is -1.91. The predicted molar refractivity (Wildman–Crippen MR) is 68.1 cm³/mol. The number of halogens is 2. The molecule has 0 aliphatic heterocycles. The first kappa shape index (κ1) is 11.2. The van der Waals surface area contributed by atoms with Crippen LogP contribution >= 0.6 is 23.2 Å². The zero-order chi connectivity index (χ0) is 11.5. The van der Waals surface area contributed by atoms with Crippen molar-refractivity contribution >= 4 is 46.0 Å². The molecular formula is C12H9Cl2NO. The van der Waals surface area contributed by atoms with Crippen molar-refractivity contribution in [3.8, 4) is 0 Å². The number of alkyl halides is 1. The molecule has 1 heterocycles. The largest absolute Gasteiger partial charge is 0.361 e. The minimum absolute atomic E-state index is 0.000385. The Kier molecular flexibility index (Phi) is 3.32. The number of ketones is 1. The molecule has 2 rings (SSSR count). The van der Waals surface area contributed by atoms with Gasteiger partial charge in [0.1, 0.15) is 0 Å². The summed E-state index contributed by atoms with van der Waals surface area (Å²) in [5.41, 5.74) is 1.92. The second-order valence-electron chi connectivity index (χ2n) is 3.37. The molecule has 0 fully saturated rings. The lowest BCUT2D eigenvalue weighted by molar-refractivity contribution is -0.112. The fourth-order valence-electron chi connectivity index (χ4n) is 1.48. The molecule has 16 heavy (non-hydrogen) atoms. The highest BCUT2D eigenvalue weighted by Crippen LogP contribution is 2.23. The van der Waals surface area contributed by atoms with Crippen LogP contribution in [0.4, 0.5) is 0 Å². The molecule has 0 aliphatic rings. The van der Waals surface area contributed by atoms with Crippen LogP contribution in [0.5, 0.6) is 0 Å². The molecule has 0 saturated carbocycles. The van der Waals surface area contributed by atoms with Gasteiger partial charge in [-0.05, 0) is 35.9 Å². The summed E-state index contributed by atoms with van der Waals surface area (Å²) in [6.07, 6.45) is 5.04. The van der Waals surface area contributed by atoms with E-state index in [4.69, 9.17) is 23.2 Å². The van der Waals surface area contributed by atoms with E-state index in [2.05, 4.69) is 4.98 Å². The van der Waals surface area contributed by atoms with Crippen LogP contribution < -0.4 is 0 Å². The van der Waals surface area contributed by atoms with E-state index in [1.54, 1.807) is 6.08 Å². The maximum absolute atomic E-state index is 11.1. The molecule has 0 unspecified atom stereocenters. The molecule has 1 aromatic carbocycles. The fourth-order valence-corrected chi connectivity index (χ4v) is 1.74. The highest BCUT2D eigenvalue weighted by Gasteiger charge is 2.01. The summed E-state index contributed by atoms with van der Waals surface area (Å²) in [6, 6.07) is 5.58. The van der Waals surface area contributed by atoms with Gasteiger partial charge in [0.15, 0.2) is 5.78 Å². The first-order valence-corrected chi connectivity index (χ1v) is 5.65. The second-order valence-corrected chi connectivity index (χ2v) is 4.07. The molecule has 0 aliphatic carbocycles. The van der Waals surface area contributed by atoms with Gasteiger partial charge < -0.3 is 4.98 Å². The summed E-state index contributed by atoms with van der Waals surface area (Å²) >= 11 is 11.3. The van der Waals surface area contributed by atoms with Crippen LogP contribution in [0.2, 0.25) is 5.02 Å². The van der Waals surface area contributed by atoms with E-state index in [1.165, 1.54) is 6.08 Å². The molecule has 0 radical (unpaired) electrons. The lowest BCUT2D eigenvalue weighted by Gasteiger charge is -1.93. The van der Waals surface area contributed by atoms with Crippen LogP contribution in [0.25, 0.3) is 17.0 Å². The van der Waals surface area contributed by atoms with E-state index < -0.39 is 0 Å². The topological polar surface area (TPSA) is 32.9 Å². The van der Waals surface area contributed by atoms with Crippen LogP contribution in [-0.4, -0.2) is 16.6 Å².